The third-order valence-corrected chi connectivity index (χ3v) is 6.97. The fourth-order valence-electron chi connectivity index (χ4n) is 5.08. The van der Waals surface area contributed by atoms with Crippen LogP contribution in [0.4, 0.5) is 0 Å². The summed E-state index contributed by atoms with van der Waals surface area (Å²) < 4.78 is 12.8. The Bertz CT molecular complexity index is 1450. The van der Waals surface area contributed by atoms with Gasteiger partial charge < -0.3 is 14.0 Å². The van der Waals surface area contributed by atoms with Gasteiger partial charge in [0, 0.05) is 28.4 Å². The van der Waals surface area contributed by atoms with Crippen LogP contribution in [0.25, 0.3) is 22.3 Å². The van der Waals surface area contributed by atoms with Gasteiger partial charge in [-0.1, -0.05) is 67.9 Å². The van der Waals surface area contributed by atoms with E-state index in [1.807, 2.05) is 42.5 Å². The summed E-state index contributed by atoms with van der Waals surface area (Å²) in [6, 6.07) is 24.3. The summed E-state index contributed by atoms with van der Waals surface area (Å²) in [4.78, 5) is 26.5. The van der Waals surface area contributed by atoms with Crippen LogP contribution in [0.1, 0.15) is 40.4 Å². The van der Waals surface area contributed by atoms with Gasteiger partial charge in [0.15, 0.2) is 6.61 Å². The number of hydrogen-bond donors (Lipinski definition) is 0. The quantitative estimate of drug-likeness (QED) is 0.195. The number of hydrogen-bond acceptors (Lipinski definition) is 4. The standard InChI is InChI=1S/C31H28ClNO4/c1-31(2)17-25-27(20-7-5-4-6-8-20)28(21-9-13-23(32)14-10-21)29(33(25)19-31)26(34)18-37-30(35)22-11-15-24(36-3)16-12-22/h4-16H,17-19H2,1-3H3. The molecule has 0 radical (unpaired) electrons. The van der Waals surface area contributed by atoms with Crippen LogP contribution in [0, 0.1) is 5.41 Å². The molecule has 1 aliphatic heterocycles. The van der Waals surface area contributed by atoms with E-state index in [9.17, 15) is 9.59 Å². The Morgan fingerprint density at radius 2 is 1.54 bits per heavy atom. The number of aromatic nitrogens is 1. The Hall–Kier alpha value is -3.83. The SMILES string of the molecule is COc1ccc(C(=O)OCC(=O)c2c(-c3ccc(Cl)cc3)c(-c3ccccc3)c3n2CC(C)(C)C3)cc1. The number of halogens is 1. The largest absolute Gasteiger partial charge is 0.497 e. The lowest BCUT2D eigenvalue weighted by Crippen LogP contribution is -2.20. The first-order chi connectivity index (χ1) is 17.8. The van der Waals surface area contributed by atoms with Crippen LogP contribution in [0.3, 0.4) is 0 Å². The molecule has 0 bridgehead atoms. The Balaban J connectivity index is 1.57. The Kier molecular flexibility index (Phi) is 6.65. The summed E-state index contributed by atoms with van der Waals surface area (Å²) in [5.74, 6) is -0.158. The monoisotopic (exact) mass is 513 g/mol. The molecular weight excluding hydrogens is 486 g/mol. The molecule has 1 aliphatic rings. The van der Waals surface area contributed by atoms with Crippen molar-refractivity contribution in [3.05, 3.63) is 101 Å². The zero-order valence-corrected chi connectivity index (χ0v) is 21.8. The summed E-state index contributed by atoms with van der Waals surface area (Å²) in [6.07, 6.45) is 0.830. The number of ketones is 1. The van der Waals surface area contributed by atoms with E-state index in [0.29, 0.717) is 28.6 Å². The van der Waals surface area contributed by atoms with Gasteiger partial charge in [-0.25, -0.2) is 4.79 Å². The molecule has 37 heavy (non-hydrogen) atoms. The maximum atomic E-state index is 13.8. The zero-order valence-electron chi connectivity index (χ0n) is 21.1. The van der Waals surface area contributed by atoms with E-state index >= 15 is 0 Å². The van der Waals surface area contributed by atoms with Crippen molar-refractivity contribution >= 4 is 23.4 Å². The number of rotatable bonds is 7. The molecule has 0 saturated carbocycles. The highest BCUT2D eigenvalue weighted by Gasteiger charge is 2.38. The number of carbonyl (C=O) groups is 2. The maximum absolute atomic E-state index is 13.8. The molecule has 0 N–H and O–H groups in total. The lowest BCUT2D eigenvalue weighted by atomic mass is 9.86. The summed E-state index contributed by atoms with van der Waals surface area (Å²) in [5, 5.41) is 0.624. The van der Waals surface area contributed by atoms with Crippen LogP contribution in [-0.4, -0.2) is 30.0 Å². The number of esters is 1. The van der Waals surface area contributed by atoms with Crippen molar-refractivity contribution in [2.45, 2.75) is 26.8 Å². The molecule has 0 amide bonds. The van der Waals surface area contributed by atoms with Crippen LogP contribution in [0.2, 0.25) is 5.02 Å². The first-order valence-corrected chi connectivity index (χ1v) is 12.6. The minimum absolute atomic E-state index is 0.00775. The summed E-state index contributed by atoms with van der Waals surface area (Å²) in [6.45, 7) is 4.75. The number of fused-ring (bicyclic) bond motifs is 1. The molecule has 0 unspecified atom stereocenters. The number of methoxy groups -OCH3 is 1. The smallest absolute Gasteiger partial charge is 0.338 e. The van der Waals surface area contributed by atoms with E-state index in [0.717, 1.165) is 34.4 Å². The topological polar surface area (TPSA) is 57.5 Å². The number of benzene rings is 3. The number of Topliss-reactive ketones (excluding diaryl/α,β-unsaturated/α-hetero) is 1. The number of ether oxygens (including phenoxy) is 2. The molecule has 2 heterocycles. The van der Waals surface area contributed by atoms with E-state index in [-0.39, 0.29) is 17.8 Å². The number of nitrogens with zero attached hydrogens (tertiary/aromatic N) is 1. The van der Waals surface area contributed by atoms with Crippen molar-refractivity contribution in [2.24, 2.45) is 5.41 Å². The van der Waals surface area contributed by atoms with Crippen LogP contribution in [0.5, 0.6) is 5.75 Å². The summed E-state index contributed by atoms with van der Waals surface area (Å²) >= 11 is 6.19. The fraction of sp³-hybridized carbons (Fsp3) is 0.226. The van der Waals surface area contributed by atoms with E-state index < -0.39 is 5.97 Å². The third kappa shape index (κ3) is 4.92. The van der Waals surface area contributed by atoms with E-state index in [1.165, 1.54) is 0 Å². The third-order valence-electron chi connectivity index (χ3n) is 6.72. The highest BCUT2D eigenvalue weighted by atomic mass is 35.5. The summed E-state index contributed by atoms with van der Waals surface area (Å²) in [5.41, 5.74) is 5.85. The Labute approximate surface area is 221 Å². The maximum Gasteiger partial charge on any atom is 0.338 e. The van der Waals surface area contributed by atoms with Gasteiger partial charge in [0.2, 0.25) is 5.78 Å². The second kappa shape index (κ2) is 9.91. The normalized spacial score (nSPS) is 13.7. The number of carbonyl (C=O) groups excluding carboxylic acids is 2. The van der Waals surface area contributed by atoms with E-state index in [1.54, 1.807) is 31.4 Å². The lowest BCUT2D eigenvalue weighted by Gasteiger charge is -2.19. The van der Waals surface area contributed by atoms with Crippen molar-refractivity contribution in [2.75, 3.05) is 13.7 Å². The molecule has 5 nitrogen and oxygen atoms in total. The van der Waals surface area contributed by atoms with Crippen molar-refractivity contribution in [1.29, 1.82) is 0 Å². The average Bonchev–Trinajstić information content (AvgIpc) is 3.37. The molecule has 188 valence electrons. The van der Waals surface area contributed by atoms with Gasteiger partial charge in [0.05, 0.1) is 18.4 Å². The Morgan fingerprint density at radius 1 is 0.892 bits per heavy atom. The Morgan fingerprint density at radius 3 is 2.19 bits per heavy atom. The minimum atomic E-state index is -0.555. The van der Waals surface area contributed by atoms with Crippen LogP contribution in [-0.2, 0) is 17.7 Å². The predicted octanol–water partition coefficient (Wildman–Crippen LogP) is 7.11. The highest BCUT2D eigenvalue weighted by molar-refractivity contribution is 6.30. The molecule has 6 heteroatoms. The van der Waals surface area contributed by atoms with Crippen molar-refractivity contribution in [3.8, 4) is 28.0 Å². The summed E-state index contributed by atoms with van der Waals surface area (Å²) in [7, 11) is 1.56. The fourth-order valence-corrected chi connectivity index (χ4v) is 5.20. The average molecular weight is 514 g/mol. The molecule has 0 fully saturated rings. The van der Waals surface area contributed by atoms with Gasteiger partial charge in [0.25, 0.3) is 0 Å². The van der Waals surface area contributed by atoms with Gasteiger partial charge in [-0.05, 0) is 59.4 Å². The second-order valence-corrected chi connectivity index (χ2v) is 10.5. The van der Waals surface area contributed by atoms with Gasteiger partial charge in [-0.3, -0.25) is 4.79 Å². The molecule has 0 aliphatic carbocycles. The van der Waals surface area contributed by atoms with Gasteiger partial charge in [-0.15, -0.1) is 0 Å². The second-order valence-electron chi connectivity index (χ2n) is 10.1. The highest BCUT2D eigenvalue weighted by Crippen LogP contribution is 2.47. The first kappa shape index (κ1) is 24.8. The van der Waals surface area contributed by atoms with Gasteiger partial charge in [0.1, 0.15) is 5.75 Å². The van der Waals surface area contributed by atoms with E-state index in [2.05, 4.69) is 30.5 Å². The molecular formula is C31H28ClNO4. The van der Waals surface area contributed by atoms with Gasteiger partial charge in [-0.2, -0.15) is 0 Å². The molecule has 0 atom stereocenters. The van der Waals surface area contributed by atoms with Crippen LogP contribution < -0.4 is 4.74 Å². The van der Waals surface area contributed by atoms with Crippen LogP contribution >= 0.6 is 11.6 Å². The van der Waals surface area contributed by atoms with Crippen molar-refractivity contribution < 1.29 is 19.1 Å². The molecule has 4 aromatic rings. The minimum Gasteiger partial charge on any atom is -0.497 e. The first-order valence-electron chi connectivity index (χ1n) is 12.2. The molecule has 5 rings (SSSR count). The van der Waals surface area contributed by atoms with Crippen molar-refractivity contribution in [3.63, 3.8) is 0 Å². The molecule has 0 saturated heterocycles. The lowest BCUT2D eigenvalue weighted by molar-refractivity contribution is 0.0472. The van der Waals surface area contributed by atoms with Gasteiger partial charge >= 0.3 is 5.97 Å². The van der Waals surface area contributed by atoms with E-state index in [4.69, 9.17) is 21.1 Å². The molecule has 0 spiro atoms. The zero-order chi connectivity index (χ0) is 26.2. The predicted molar refractivity (Wildman–Crippen MR) is 145 cm³/mol. The van der Waals surface area contributed by atoms with Crippen LogP contribution in [0.15, 0.2) is 78.9 Å². The van der Waals surface area contributed by atoms with Crippen molar-refractivity contribution in [1.82, 2.24) is 4.57 Å². The molecule has 3 aromatic carbocycles. The molecule has 1 aromatic heterocycles.